The van der Waals surface area contributed by atoms with Gasteiger partial charge in [-0.1, -0.05) is 24.7 Å². The van der Waals surface area contributed by atoms with Gasteiger partial charge < -0.3 is 10.1 Å². The summed E-state index contributed by atoms with van der Waals surface area (Å²) in [6, 6.07) is 5.58. The highest BCUT2D eigenvalue weighted by atomic mass is 32.1. The molecule has 2 rings (SSSR count). The Hall–Kier alpha value is -1.82. The van der Waals surface area contributed by atoms with E-state index in [9.17, 15) is 4.79 Å². The maximum atomic E-state index is 11.5. The number of benzene rings is 1. The summed E-state index contributed by atoms with van der Waals surface area (Å²) >= 11 is 1.45. The number of unbranched alkanes of at least 4 members (excludes halogenated alkanes) is 1. The molecule has 1 aromatic heterocycles. The molecule has 20 heavy (non-hydrogen) atoms. The van der Waals surface area contributed by atoms with Crippen LogP contribution in [0.3, 0.4) is 0 Å². The molecule has 0 aliphatic heterocycles. The highest BCUT2D eigenvalue weighted by Gasteiger charge is 2.07. The second kappa shape index (κ2) is 7.09. The largest absolute Gasteiger partial charge is 0.494 e. The third-order valence-electron chi connectivity index (χ3n) is 2.68. The average molecular weight is 293 g/mol. The van der Waals surface area contributed by atoms with E-state index in [4.69, 9.17) is 4.74 Å². The second-order valence-corrected chi connectivity index (χ2v) is 5.37. The number of hydrogen-bond acceptors (Lipinski definition) is 4. The van der Waals surface area contributed by atoms with Gasteiger partial charge in [0.25, 0.3) is 0 Å². The molecule has 0 saturated carbocycles. The van der Waals surface area contributed by atoms with Crippen LogP contribution in [0.1, 0.15) is 26.7 Å². The van der Waals surface area contributed by atoms with Crippen LogP contribution in [0, 0.1) is 0 Å². The quantitative estimate of drug-likeness (QED) is 0.800. The zero-order valence-corrected chi connectivity index (χ0v) is 12.5. The van der Waals surface area contributed by atoms with Crippen LogP contribution in [0.15, 0.2) is 18.2 Å². The first-order valence-electron chi connectivity index (χ1n) is 6.81. The van der Waals surface area contributed by atoms with Crippen molar-refractivity contribution in [1.29, 1.82) is 0 Å². The minimum Gasteiger partial charge on any atom is -0.494 e. The second-order valence-electron chi connectivity index (χ2n) is 4.34. The van der Waals surface area contributed by atoms with Gasteiger partial charge in [-0.25, -0.2) is 9.78 Å². The fourth-order valence-corrected chi connectivity index (χ4v) is 2.53. The summed E-state index contributed by atoms with van der Waals surface area (Å²) in [4.78, 5) is 15.8. The molecule has 108 valence electrons. The normalized spacial score (nSPS) is 10.5. The number of rotatable bonds is 6. The van der Waals surface area contributed by atoms with Gasteiger partial charge in [0, 0.05) is 12.6 Å². The van der Waals surface area contributed by atoms with Gasteiger partial charge >= 0.3 is 6.03 Å². The molecule has 0 bridgehead atoms. The van der Waals surface area contributed by atoms with E-state index in [1.807, 2.05) is 25.1 Å². The number of hydrogen-bond donors (Lipinski definition) is 2. The van der Waals surface area contributed by atoms with Gasteiger partial charge in [0.05, 0.1) is 16.8 Å². The predicted octanol–water partition coefficient (Wildman–Crippen LogP) is 3.62. The first-order valence-corrected chi connectivity index (χ1v) is 7.62. The number of aromatic nitrogens is 1. The van der Waals surface area contributed by atoms with E-state index in [2.05, 4.69) is 22.5 Å². The zero-order valence-electron chi connectivity index (χ0n) is 11.7. The lowest BCUT2D eigenvalue weighted by atomic mass is 10.3. The van der Waals surface area contributed by atoms with Gasteiger partial charge in [-0.05, 0) is 25.5 Å². The Morgan fingerprint density at radius 3 is 3.00 bits per heavy atom. The number of carbonyl (C=O) groups excluding carboxylic acids is 1. The van der Waals surface area contributed by atoms with Gasteiger partial charge in [0.15, 0.2) is 5.13 Å². The Bertz CT molecular complexity index is 583. The van der Waals surface area contributed by atoms with Crippen molar-refractivity contribution in [3.63, 3.8) is 0 Å². The van der Waals surface area contributed by atoms with Gasteiger partial charge in [-0.15, -0.1) is 0 Å². The van der Waals surface area contributed by atoms with Crippen LogP contribution in [0.5, 0.6) is 5.75 Å². The molecule has 0 fully saturated rings. The minimum atomic E-state index is -0.231. The Labute approximate surface area is 122 Å². The first-order chi connectivity index (χ1) is 9.72. The van der Waals surface area contributed by atoms with Crippen LogP contribution >= 0.6 is 11.3 Å². The van der Waals surface area contributed by atoms with E-state index in [0.717, 1.165) is 35.4 Å². The monoisotopic (exact) mass is 293 g/mol. The number of amides is 2. The molecule has 1 heterocycles. The molecule has 0 atom stereocenters. The molecule has 5 nitrogen and oxygen atoms in total. The molecule has 6 heteroatoms. The van der Waals surface area contributed by atoms with Crippen molar-refractivity contribution in [2.45, 2.75) is 26.7 Å². The topological polar surface area (TPSA) is 63.2 Å². The van der Waals surface area contributed by atoms with Gasteiger partial charge in [-0.3, -0.25) is 5.32 Å². The fraction of sp³-hybridized carbons (Fsp3) is 0.429. The number of nitrogens with zero attached hydrogens (tertiary/aromatic N) is 1. The molecular weight excluding hydrogens is 274 g/mol. The molecule has 0 radical (unpaired) electrons. The van der Waals surface area contributed by atoms with Crippen molar-refractivity contribution in [2.75, 3.05) is 18.5 Å². The molecule has 0 unspecified atom stereocenters. The van der Waals surface area contributed by atoms with E-state index in [0.29, 0.717) is 11.7 Å². The first kappa shape index (κ1) is 14.6. The van der Waals surface area contributed by atoms with E-state index in [1.54, 1.807) is 0 Å². The third-order valence-corrected chi connectivity index (χ3v) is 3.64. The number of thiazole rings is 1. The van der Waals surface area contributed by atoms with E-state index in [-0.39, 0.29) is 6.03 Å². The molecule has 2 N–H and O–H groups in total. The summed E-state index contributed by atoms with van der Waals surface area (Å²) < 4.78 is 6.68. The Kier molecular flexibility index (Phi) is 5.17. The Morgan fingerprint density at radius 1 is 1.40 bits per heavy atom. The van der Waals surface area contributed by atoms with Crippen LogP contribution in [-0.4, -0.2) is 24.2 Å². The van der Waals surface area contributed by atoms with Crippen molar-refractivity contribution in [2.24, 2.45) is 0 Å². The van der Waals surface area contributed by atoms with E-state index < -0.39 is 0 Å². The highest BCUT2D eigenvalue weighted by Crippen LogP contribution is 2.28. The third kappa shape index (κ3) is 3.84. The van der Waals surface area contributed by atoms with Crippen molar-refractivity contribution in [3.8, 4) is 5.75 Å². The predicted molar refractivity (Wildman–Crippen MR) is 82.7 cm³/mol. The molecule has 2 amide bonds. The van der Waals surface area contributed by atoms with Crippen LogP contribution in [0.25, 0.3) is 10.2 Å². The highest BCUT2D eigenvalue weighted by molar-refractivity contribution is 7.22. The lowest BCUT2D eigenvalue weighted by molar-refractivity contribution is 0.252. The van der Waals surface area contributed by atoms with Gasteiger partial charge in [0.1, 0.15) is 5.75 Å². The lowest BCUT2D eigenvalue weighted by Gasteiger charge is -2.04. The van der Waals surface area contributed by atoms with Crippen LogP contribution in [0.4, 0.5) is 9.93 Å². The summed E-state index contributed by atoms with van der Waals surface area (Å²) in [5.74, 6) is 0.820. The number of carbonyl (C=O) groups is 1. The minimum absolute atomic E-state index is 0.231. The SMILES string of the molecule is CCCCOc1ccc2sc(NC(=O)NCC)nc2c1. The molecule has 0 saturated heterocycles. The standard InChI is InChI=1S/C14H19N3O2S/c1-3-5-8-19-10-6-7-12-11(9-10)16-14(20-12)17-13(18)15-4-2/h6-7,9H,3-5,8H2,1-2H3,(H2,15,16,17,18). The molecule has 0 spiro atoms. The molecule has 0 aliphatic carbocycles. The van der Waals surface area contributed by atoms with Gasteiger partial charge in [-0.2, -0.15) is 0 Å². The van der Waals surface area contributed by atoms with Crippen LogP contribution in [0.2, 0.25) is 0 Å². The molecular formula is C14H19N3O2S. The molecule has 0 aliphatic rings. The summed E-state index contributed by atoms with van der Waals surface area (Å²) in [5, 5.41) is 5.99. The molecule has 1 aromatic carbocycles. The van der Waals surface area contributed by atoms with Crippen molar-refractivity contribution < 1.29 is 9.53 Å². The van der Waals surface area contributed by atoms with E-state index in [1.165, 1.54) is 11.3 Å². The van der Waals surface area contributed by atoms with Gasteiger partial charge in [0.2, 0.25) is 0 Å². The number of urea groups is 1. The Morgan fingerprint density at radius 2 is 2.25 bits per heavy atom. The summed E-state index contributed by atoms with van der Waals surface area (Å²) in [5.41, 5.74) is 0.843. The lowest BCUT2D eigenvalue weighted by Crippen LogP contribution is -2.28. The van der Waals surface area contributed by atoms with Crippen molar-refractivity contribution in [3.05, 3.63) is 18.2 Å². The maximum Gasteiger partial charge on any atom is 0.321 e. The fourth-order valence-electron chi connectivity index (χ4n) is 1.69. The smallest absolute Gasteiger partial charge is 0.321 e. The van der Waals surface area contributed by atoms with Crippen molar-refractivity contribution in [1.82, 2.24) is 10.3 Å². The van der Waals surface area contributed by atoms with E-state index >= 15 is 0 Å². The Balaban J connectivity index is 2.07. The summed E-state index contributed by atoms with van der Waals surface area (Å²) in [6.07, 6.45) is 2.15. The average Bonchev–Trinajstić information content (AvgIpc) is 2.80. The number of nitrogens with one attached hydrogen (secondary N) is 2. The number of fused-ring (bicyclic) bond motifs is 1. The van der Waals surface area contributed by atoms with Crippen molar-refractivity contribution >= 4 is 32.7 Å². The van der Waals surface area contributed by atoms with Crippen LogP contribution in [-0.2, 0) is 0 Å². The van der Waals surface area contributed by atoms with Crippen LogP contribution < -0.4 is 15.4 Å². The summed E-state index contributed by atoms with van der Waals surface area (Å²) in [6.45, 7) is 5.31. The molecule has 2 aromatic rings. The number of anilines is 1. The summed E-state index contributed by atoms with van der Waals surface area (Å²) in [7, 11) is 0. The zero-order chi connectivity index (χ0) is 14.4. The number of ether oxygens (including phenoxy) is 1. The maximum absolute atomic E-state index is 11.5.